The highest BCUT2D eigenvalue weighted by molar-refractivity contribution is 6.00. The summed E-state index contributed by atoms with van der Waals surface area (Å²) >= 11 is 0. The summed E-state index contributed by atoms with van der Waals surface area (Å²) in [5.41, 5.74) is 3.29. The number of carbonyl (C=O) groups excluding carboxylic acids is 1. The maximum Gasteiger partial charge on any atom is 0.273 e. The maximum absolute atomic E-state index is 13.2. The van der Waals surface area contributed by atoms with Crippen LogP contribution in [0.5, 0.6) is 0 Å². The predicted molar refractivity (Wildman–Crippen MR) is 105 cm³/mol. The molecule has 0 saturated carbocycles. The van der Waals surface area contributed by atoms with Gasteiger partial charge in [0, 0.05) is 28.8 Å². The van der Waals surface area contributed by atoms with E-state index in [0.717, 1.165) is 22.4 Å². The summed E-state index contributed by atoms with van der Waals surface area (Å²) in [7, 11) is 0. The highest BCUT2D eigenvalue weighted by Gasteiger charge is 2.46. The van der Waals surface area contributed by atoms with E-state index in [4.69, 9.17) is 0 Å². The van der Waals surface area contributed by atoms with Gasteiger partial charge in [-0.1, -0.05) is 30.3 Å². The normalized spacial score (nSPS) is 16.3. The number of non-ortho nitro benzene ring substituents is 1. The second-order valence-corrected chi connectivity index (χ2v) is 7.82. The Hall–Kier alpha value is -3.48. The molecule has 0 saturated heterocycles. The molecular weight excluding hydrogens is 356 g/mol. The molecule has 2 heterocycles. The lowest BCUT2D eigenvalue weighted by atomic mass is 9.93. The van der Waals surface area contributed by atoms with Gasteiger partial charge in [0.05, 0.1) is 16.7 Å². The smallest absolute Gasteiger partial charge is 0.273 e. The van der Waals surface area contributed by atoms with Crippen LogP contribution in [0.3, 0.4) is 0 Å². The third-order valence-electron chi connectivity index (χ3n) is 4.96. The molecule has 7 heteroatoms. The Morgan fingerprint density at radius 2 is 1.71 bits per heavy atom. The van der Waals surface area contributed by atoms with Crippen molar-refractivity contribution in [3.63, 3.8) is 0 Å². The van der Waals surface area contributed by atoms with E-state index >= 15 is 0 Å². The third-order valence-corrected chi connectivity index (χ3v) is 4.96. The number of hydrogen-bond donors (Lipinski definition) is 1. The highest BCUT2D eigenvalue weighted by Crippen LogP contribution is 2.45. The standard InChI is InChI=1S/C21H20N4O3/c1-21(2,3)24-19(14-9-11-15(12-10-14)25(27)28)16-17(13-7-5-4-6-8-13)22-23-18(16)20(24)26/h4-12,19H,1-3H3,(H,22,23). The Kier molecular flexibility index (Phi) is 4.03. The van der Waals surface area contributed by atoms with E-state index < -0.39 is 10.5 Å². The van der Waals surface area contributed by atoms with Crippen molar-refractivity contribution in [2.45, 2.75) is 32.4 Å². The number of carbonyl (C=O) groups is 1. The van der Waals surface area contributed by atoms with Gasteiger partial charge in [-0.15, -0.1) is 0 Å². The van der Waals surface area contributed by atoms with Gasteiger partial charge in [-0.05, 0) is 38.5 Å². The molecule has 0 spiro atoms. The van der Waals surface area contributed by atoms with Crippen molar-refractivity contribution < 1.29 is 9.72 Å². The molecular formula is C21H20N4O3. The van der Waals surface area contributed by atoms with Gasteiger partial charge in [-0.25, -0.2) is 0 Å². The van der Waals surface area contributed by atoms with E-state index in [2.05, 4.69) is 10.2 Å². The van der Waals surface area contributed by atoms with Crippen LogP contribution in [0.25, 0.3) is 11.3 Å². The Morgan fingerprint density at radius 1 is 1.07 bits per heavy atom. The summed E-state index contributed by atoms with van der Waals surface area (Å²) in [6.45, 7) is 5.93. The molecule has 28 heavy (non-hydrogen) atoms. The lowest BCUT2D eigenvalue weighted by Crippen LogP contribution is -2.44. The number of hydrogen-bond acceptors (Lipinski definition) is 4. The fraction of sp³-hybridized carbons (Fsp3) is 0.238. The molecule has 4 rings (SSSR count). The monoisotopic (exact) mass is 376 g/mol. The number of nitrogens with zero attached hydrogens (tertiary/aromatic N) is 3. The van der Waals surface area contributed by atoms with Crippen LogP contribution in [-0.2, 0) is 0 Å². The third kappa shape index (κ3) is 2.76. The number of nitrogens with one attached hydrogen (secondary N) is 1. The number of fused-ring (bicyclic) bond motifs is 1. The van der Waals surface area contributed by atoms with E-state index in [1.165, 1.54) is 12.1 Å². The van der Waals surface area contributed by atoms with Crippen molar-refractivity contribution in [2.75, 3.05) is 0 Å². The van der Waals surface area contributed by atoms with Crippen LogP contribution >= 0.6 is 0 Å². The summed E-state index contributed by atoms with van der Waals surface area (Å²) in [4.78, 5) is 25.6. The van der Waals surface area contributed by atoms with Gasteiger partial charge < -0.3 is 4.90 Å². The summed E-state index contributed by atoms with van der Waals surface area (Å²) in [5, 5.41) is 18.4. The molecule has 0 fully saturated rings. The number of nitro groups is 1. The molecule has 1 aliphatic heterocycles. The molecule has 142 valence electrons. The largest absolute Gasteiger partial charge is 0.321 e. The van der Waals surface area contributed by atoms with Gasteiger partial charge >= 0.3 is 0 Å². The molecule has 2 aromatic carbocycles. The Bertz CT molecular complexity index is 1050. The van der Waals surface area contributed by atoms with Crippen LogP contribution < -0.4 is 0 Å². The molecule has 0 radical (unpaired) electrons. The fourth-order valence-corrected chi connectivity index (χ4v) is 3.75. The van der Waals surface area contributed by atoms with Crippen LogP contribution in [0.1, 0.15) is 48.4 Å². The van der Waals surface area contributed by atoms with Crippen LogP contribution in [0.4, 0.5) is 5.69 Å². The van der Waals surface area contributed by atoms with Crippen molar-refractivity contribution in [1.82, 2.24) is 15.1 Å². The van der Waals surface area contributed by atoms with E-state index in [0.29, 0.717) is 5.69 Å². The highest BCUT2D eigenvalue weighted by atomic mass is 16.6. The molecule has 1 amide bonds. The van der Waals surface area contributed by atoms with Gasteiger partial charge in [0.25, 0.3) is 11.6 Å². The zero-order valence-corrected chi connectivity index (χ0v) is 15.8. The first-order chi connectivity index (χ1) is 13.3. The Morgan fingerprint density at radius 3 is 2.29 bits per heavy atom. The lowest BCUT2D eigenvalue weighted by Gasteiger charge is -2.37. The molecule has 1 unspecified atom stereocenters. The van der Waals surface area contributed by atoms with E-state index in [1.54, 1.807) is 12.1 Å². The lowest BCUT2D eigenvalue weighted by molar-refractivity contribution is -0.384. The average molecular weight is 376 g/mol. The second-order valence-electron chi connectivity index (χ2n) is 7.82. The quantitative estimate of drug-likeness (QED) is 0.544. The summed E-state index contributed by atoms with van der Waals surface area (Å²) in [6, 6.07) is 15.7. The van der Waals surface area contributed by atoms with Gasteiger partial charge in [-0.2, -0.15) is 5.10 Å². The van der Waals surface area contributed by atoms with Gasteiger partial charge in [-0.3, -0.25) is 20.0 Å². The number of amides is 1. The number of aromatic amines is 1. The fourth-order valence-electron chi connectivity index (χ4n) is 3.75. The SMILES string of the molecule is CC(C)(C)N1C(=O)c2[nH]nc(-c3ccccc3)c2C1c1ccc([N+](=O)[O-])cc1. The molecule has 3 aromatic rings. The molecule has 1 N–H and O–H groups in total. The minimum Gasteiger partial charge on any atom is -0.321 e. The van der Waals surface area contributed by atoms with Crippen molar-refractivity contribution in [2.24, 2.45) is 0 Å². The Balaban J connectivity index is 1.91. The van der Waals surface area contributed by atoms with Crippen LogP contribution in [0, 0.1) is 10.1 Å². The van der Waals surface area contributed by atoms with Crippen LogP contribution in [0.2, 0.25) is 0 Å². The summed E-state index contributed by atoms with van der Waals surface area (Å²) in [6.07, 6.45) is 0. The first-order valence-electron chi connectivity index (χ1n) is 9.00. The van der Waals surface area contributed by atoms with E-state index in [1.807, 2.05) is 56.0 Å². The number of rotatable bonds is 3. The first kappa shape index (κ1) is 17.9. The molecule has 1 aliphatic rings. The zero-order valence-electron chi connectivity index (χ0n) is 15.8. The predicted octanol–water partition coefficient (Wildman–Crippen LogP) is 4.33. The molecule has 0 aliphatic carbocycles. The number of benzene rings is 2. The molecule has 0 bridgehead atoms. The van der Waals surface area contributed by atoms with Crippen molar-refractivity contribution in [1.29, 1.82) is 0 Å². The molecule has 7 nitrogen and oxygen atoms in total. The maximum atomic E-state index is 13.2. The summed E-state index contributed by atoms with van der Waals surface area (Å²) < 4.78 is 0. The first-order valence-corrected chi connectivity index (χ1v) is 9.00. The summed E-state index contributed by atoms with van der Waals surface area (Å²) in [5.74, 6) is -0.125. The Labute approximate surface area is 162 Å². The van der Waals surface area contributed by atoms with Gasteiger partial charge in [0.15, 0.2) is 0 Å². The number of aromatic nitrogens is 2. The van der Waals surface area contributed by atoms with Crippen molar-refractivity contribution in [3.05, 3.63) is 81.5 Å². The minimum atomic E-state index is -0.447. The van der Waals surface area contributed by atoms with E-state index in [-0.39, 0.29) is 17.6 Å². The van der Waals surface area contributed by atoms with Crippen LogP contribution in [-0.4, -0.2) is 31.5 Å². The van der Waals surface area contributed by atoms with Gasteiger partial charge in [0.1, 0.15) is 5.69 Å². The van der Waals surface area contributed by atoms with Gasteiger partial charge in [0.2, 0.25) is 0 Å². The van der Waals surface area contributed by atoms with Crippen LogP contribution in [0.15, 0.2) is 54.6 Å². The van der Waals surface area contributed by atoms with Crippen molar-refractivity contribution >= 4 is 11.6 Å². The zero-order chi connectivity index (χ0) is 20.1. The van der Waals surface area contributed by atoms with Crippen molar-refractivity contribution in [3.8, 4) is 11.3 Å². The minimum absolute atomic E-state index is 0.0195. The molecule has 1 atom stereocenters. The van der Waals surface area contributed by atoms with E-state index in [9.17, 15) is 14.9 Å². The number of nitro benzene ring substituents is 1. The number of H-pyrrole nitrogens is 1. The topological polar surface area (TPSA) is 92.1 Å². The second kappa shape index (κ2) is 6.30. The molecule has 1 aromatic heterocycles. The average Bonchev–Trinajstić information content (AvgIpc) is 3.21.